The van der Waals surface area contributed by atoms with Crippen molar-refractivity contribution in [2.24, 2.45) is 5.73 Å². The van der Waals surface area contributed by atoms with Gasteiger partial charge in [-0.2, -0.15) is 0 Å². The Balaban J connectivity index is 1.36. The van der Waals surface area contributed by atoms with Crippen LogP contribution in [0.3, 0.4) is 0 Å². The van der Waals surface area contributed by atoms with Crippen molar-refractivity contribution in [1.29, 1.82) is 0 Å². The second-order valence-corrected chi connectivity index (χ2v) is 8.29. The monoisotopic (exact) mass is 437 g/mol. The summed E-state index contributed by atoms with van der Waals surface area (Å²) in [5.41, 5.74) is 9.22. The standard InChI is InChI=1S/C27H29F2NO2/c28-22-6-3-5-20(16-22)26-17-25(9-8-19(26)14-15-30)32-24-12-10-23(11-13-24)31-18-21-4-1-2-7-27(21)29/h1-9,16-17,23-24H,10-15,18,30H2. The Morgan fingerprint density at radius 2 is 1.59 bits per heavy atom. The third-order valence-corrected chi connectivity index (χ3v) is 5.99. The van der Waals surface area contributed by atoms with Crippen molar-refractivity contribution in [2.75, 3.05) is 6.54 Å². The Hall–Kier alpha value is -2.76. The first-order chi connectivity index (χ1) is 15.6. The summed E-state index contributed by atoms with van der Waals surface area (Å²) in [6, 6.07) is 19.3. The van der Waals surface area contributed by atoms with Crippen LogP contribution in [0.1, 0.15) is 36.8 Å². The van der Waals surface area contributed by atoms with Crippen LogP contribution in [0.2, 0.25) is 0 Å². The molecule has 3 aromatic rings. The number of nitrogens with two attached hydrogens (primary N) is 1. The van der Waals surface area contributed by atoms with Gasteiger partial charge in [-0.05, 0) is 85.7 Å². The molecule has 3 aromatic carbocycles. The van der Waals surface area contributed by atoms with E-state index >= 15 is 0 Å². The van der Waals surface area contributed by atoms with Gasteiger partial charge >= 0.3 is 0 Å². The normalized spacial score (nSPS) is 18.5. The van der Waals surface area contributed by atoms with Crippen LogP contribution in [0, 0.1) is 11.6 Å². The van der Waals surface area contributed by atoms with Gasteiger partial charge in [0.05, 0.1) is 18.8 Å². The zero-order valence-corrected chi connectivity index (χ0v) is 18.1. The molecular formula is C27H29F2NO2. The molecule has 0 spiro atoms. The quantitative estimate of drug-likeness (QED) is 0.467. The van der Waals surface area contributed by atoms with Gasteiger partial charge in [-0.15, -0.1) is 0 Å². The van der Waals surface area contributed by atoms with Crippen LogP contribution in [0.4, 0.5) is 8.78 Å². The van der Waals surface area contributed by atoms with Gasteiger partial charge in [0.1, 0.15) is 17.4 Å². The smallest absolute Gasteiger partial charge is 0.128 e. The summed E-state index contributed by atoms with van der Waals surface area (Å²) in [7, 11) is 0. The van der Waals surface area contributed by atoms with E-state index in [0.717, 1.165) is 54.5 Å². The van der Waals surface area contributed by atoms with Crippen LogP contribution in [0.5, 0.6) is 5.75 Å². The second-order valence-electron chi connectivity index (χ2n) is 8.29. The second kappa shape index (κ2) is 10.7. The lowest BCUT2D eigenvalue weighted by molar-refractivity contribution is -0.00756. The number of rotatable bonds is 8. The highest BCUT2D eigenvalue weighted by atomic mass is 19.1. The van der Waals surface area contributed by atoms with Crippen LogP contribution >= 0.6 is 0 Å². The molecular weight excluding hydrogens is 408 g/mol. The summed E-state index contributed by atoms with van der Waals surface area (Å²) in [4.78, 5) is 0. The maximum absolute atomic E-state index is 13.8. The third kappa shape index (κ3) is 5.72. The first-order valence-electron chi connectivity index (χ1n) is 11.2. The van der Waals surface area contributed by atoms with Gasteiger partial charge in [-0.25, -0.2) is 8.78 Å². The lowest BCUT2D eigenvalue weighted by Gasteiger charge is -2.29. The maximum Gasteiger partial charge on any atom is 0.128 e. The fourth-order valence-corrected chi connectivity index (χ4v) is 4.26. The molecule has 1 aliphatic carbocycles. The van der Waals surface area contributed by atoms with Crippen LogP contribution in [0.25, 0.3) is 11.1 Å². The van der Waals surface area contributed by atoms with Gasteiger partial charge in [0.15, 0.2) is 0 Å². The minimum Gasteiger partial charge on any atom is -0.490 e. The van der Waals surface area contributed by atoms with E-state index in [9.17, 15) is 8.78 Å². The molecule has 0 amide bonds. The molecule has 0 unspecified atom stereocenters. The van der Waals surface area contributed by atoms with Crippen molar-refractivity contribution in [2.45, 2.75) is 50.9 Å². The summed E-state index contributed by atoms with van der Waals surface area (Å²) >= 11 is 0. The predicted octanol–water partition coefficient (Wildman–Crippen LogP) is 6.04. The molecule has 1 fully saturated rings. The molecule has 168 valence electrons. The molecule has 0 saturated heterocycles. The van der Waals surface area contributed by atoms with Gasteiger partial charge in [0, 0.05) is 5.56 Å². The lowest BCUT2D eigenvalue weighted by Crippen LogP contribution is -2.28. The van der Waals surface area contributed by atoms with Crippen molar-refractivity contribution >= 4 is 0 Å². The summed E-state index contributed by atoms with van der Waals surface area (Å²) < 4.78 is 39.8. The maximum atomic E-state index is 13.8. The summed E-state index contributed by atoms with van der Waals surface area (Å²) in [5, 5.41) is 0. The van der Waals surface area contributed by atoms with E-state index in [-0.39, 0.29) is 23.8 Å². The number of ether oxygens (including phenoxy) is 2. The number of benzene rings is 3. The minimum atomic E-state index is -0.263. The topological polar surface area (TPSA) is 44.5 Å². The first-order valence-corrected chi connectivity index (χ1v) is 11.2. The molecule has 0 bridgehead atoms. The van der Waals surface area contributed by atoms with Gasteiger partial charge in [0.25, 0.3) is 0 Å². The molecule has 0 atom stereocenters. The fraction of sp³-hybridized carbons (Fsp3) is 0.333. The number of hydrogen-bond acceptors (Lipinski definition) is 3. The average Bonchev–Trinajstić information content (AvgIpc) is 2.81. The molecule has 32 heavy (non-hydrogen) atoms. The van der Waals surface area contributed by atoms with E-state index in [2.05, 4.69) is 0 Å². The molecule has 1 aliphatic rings. The van der Waals surface area contributed by atoms with Crippen molar-refractivity contribution < 1.29 is 18.3 Å². The zero-order chi connectivity index (χ0) is 22.3. The SMILES string of the molecule is NCCc1ccc(OC2CCC(OCc3ccccc3F)CC2)cc1-c1cccc(F)c1. The third-order valence-electron chi connectivity index (χ3n) is 5.99. The van der Waals surface area contributed by atoms with Crippen molar-refractivity contribution in [3.05, 3.63) is 89.5 Å². The van der Waals surface area contributed by atoms with Crippen molar-refractivity contribution in [1.82, 2.24) is 0 Å². The van der Waals surface area contributed by atoms with Crippen LogP contribution < -0.4 is 10.5 Å². The molecule has 2 N–H and O–H groups in total. The molecule has 4 rings (SSSR count). The molecule has 1 saturated carbocycles. The summed E-state index contributed by atoms with van der Waals surface area (Å²) in [5.74, 6) is 0.290. The van der Waals surface area contributed by atoms with Gasteiger partial charge < -0.3 is 15.2 Å². The Morgan fingerprint density at radius 3 is 2.34 bits per heavy atom. The zero-order valence-electron chi connectivity index (χ0n) is 18.1. The van der Waals surface area contributed by atoms with E-state index in [1.54, 1.807) is 18.2 Å². The largest absolute Gasteiger partial charge is 0.490 e. The van der Waals surface area contributed by atoms with E-state index < -0.39 is 0 Å². The number of halogens is 2. The van der Waals surface area contributed by atoms with Crippen LogP contribution in [0.15, 0.2) is 66.7 Å². The van der Waals surface area contributed by atoms with E-state index in [1.165, 1.54) is 18.2 Å². The van der Waals surface area contributed by atoms with Crippen LogP contribution in [-0.2, 0) is 17.8 Å². The number of hydrogen-bond donors (Lipinski definition) is 1. The molecule has 0 aliphatic heterocycles. The highest BCUT2D eigenvalue weighted by Gasteiger charge is 2.23. The fourth-order valence-electron chi connectivity index (χ4n) is 4.26. The first kappa shape index (κ1) is 22.4. The molecule has 0 radical (unpaired) electrons. The summed E-state index contributed by atoms with van der Waals surface area (Å²) in [6.07, 6.45) is 4.44. The highest BCUT2D eigenvalue weighted by molar-refractivity contribution is 5.69. The Morgan fingerprint density at radius 1 is 0.812 bits per heavy atom. The van der Waals surface area contributed by atoms with Gasteiger partial charge in [-0.1, -0.05) is 36.4 Å². The lowest BCUT2D eigenvalue weighted by atomic mass is 9.94. The molecule has 3 nitrogen and oxygen atoms in total. The Kier molecular flexibility index (Phi) is 7.51. The van der Waals surface area contributed by atoms with Gasteiger partial charge in [-0.3, -0.25) is 0 Å². The van der Waals surface area contributed by atoms with Crippen molar-refractivity contribution in [3.63, 3.8) is 0 Å². The Bertz CT molecular complexity index is 1030. The summed E-state index contributed by atoms with van der Waals surface area (Å²) in [6.45, 7) is 0.821. The molecule has 0 heterocycles. The van der Waals surface area contributed by atoms with Crippen molar-refractivity contribution in [3.8, 4) is 16.9 Å². The predicted molar refractivity (Wildman–Crippen MR) is 122 cm³/mol. The molecule has 5 heteroatoms. The minimum absolute atomic E-state index is 0.101. The van der Waals surface area contributed by atoms with E-state index in [0.29, 0.717) is 18.7 Å². The molecule has 0 aromatic heterocycles. The van der Waals surface area contributed by atoms with E-state index in [1.807, 2.05) is 30.3 Å². The van der Waals surface area contributed by atoms with Crippen LogP contribution in [-0.4, -0.2) is 18.8 Å². The highest BCUT2D eigenvalue weighted by Crippen LogP contribution is 2.32. The van der Waals surface area contributed by atoms with Gasteiger partial charge in [0.2, 0.25) is 0 Å². The van der Waals surface area contributed by atoms with E-state index in [4.69, 9.17) is 15.2 Å². The average molecular weight is 438 g/mol. The Labute approximate surface area is 188 Å².